The molecule has 5 nitrogen and oxygen atoms in total. The molecular formula is C12H15NO4. The zero-order valence-electron chi connectivity index (χ0n) is 9.60. The maximum absolute atomic E-state index is 10.4. The number of fused-ring (bicyclic) bond motifs is 1. The van der Waals surface area contributed by atoms with Gasteiger partial charge < -0.3 is 19.9 Å². The average Bonchev–Trinajstić information content (AvgIpc) is 2.71. The summed E-state index contributed by atoms with van der Waals surface area (Å²) in [5.74, 6) is 1.89. The lowest BCUT2D eigenvalue weighted by Crippen LogP contribution is -2.23. The van der Waals surface area contributed by atoms with Crippen molar-refractivity contribution in [3.63, 3.8) is 0 Å². The molecule has 0 aliphatic carbocycles. The summed E-state index contributed by atoms with van der Waals surface area (Å²) >= 11 is 0. The predicted molar refractivity (Wildman–Crippen MR) is 61.9 cm³/mol. The fourth-order valence-corrected chi connectivity index (χ4v) is 1.98. The molecule has 0 saturated heterocycles. The van der Waals surface area contributed by atoms with Crippen LogP contribution >= 0.6 is 0 Å². The smallest absolute Gasteiger partial charge is 0.404 e. The monoisotopic (exact) mass is 237 g/mol. The highest BCUT2D eigenvalue weighted by Gasteiger charge is 2.24. The molecule has 0 bridgehead atoms. The first-order valence-electron chi connectivity index (χ1n) is 5.48. The van der Waals surface area contributed by atoms with Crippen LogP contribution in [0.25, 0.3) is 0 Å². The van der Waals surface area contributed by atoms with E-state index in [1.54, 1.807) is 7.11 Å². The van der Waals surface area contributed by atoms with E-state index in [4.69, 9.17) is 14.6 Å². The molecule has 1 amide bonds. The van der Waals surface area contributed by atoms with Gasteiger partial charge in [0.15, 0.2) is 0 Å². The number of rotatable bonds is 4. The Morgan fingerprint density at radius 1 is 1.65 bits per heavy atom. The van der Waals surface area contributed by atoms with Gasteiger partial charge in [-0.15, -0.1) is 0 Å². The Balaban J connectivity index is 2.02. The van der Waals surface area contributed by atoms with Crippen LogP contribution < -0.4 is 14.8 Å². The number of ether oxygens (including phenoxy) is 2. The number of carbonyl (C=O) groups is 1. The third-order valence-electron chi connectivity index (χ3n) is 2.87. The van der Waals surface area contributed by atoms with E-state index < -0.39 is 6.09 Å². The van der Waals surface area contributed by atoms with E-state index >= 15 is 0 Å². The highest BCUT2D eigenvalue weighted by atomic mass is 16.5. The van der Waals surface area contributed by atoms with Crippen LogP contribution in [0, 0.1) is 0 Å². The molecule has 0 fully saturated rings. The van der Waals surface area contributed by atoms with Crippen LogP contribution in [0.1, 0.15) is 17.9 Å². The topological polar surface area (TPSA) is 67.8 Å². The summed E-state index contributed by atoms with van der Waals surface area (Å²) in [6.45, 7) is 1.03. The summed E-state index contributed by atoms with van der Waals surface area (Å²) in [5.41, 5.74) is 1.09. The maximum atomic E-state index is 10.4. The molecule has 17 heavy (non-hydrogen) atoms. The molecule has 1 unspecified atom stereocenters. The van der Waals surface area contributed by atoms with Gasteiger partial charge in [-0.05, 0) is 24.6 Å². The van der Waals surface area contributed by atoms with Crippen LogP contribution in [0.5, 0.6) is 11.5 Å². The molecular weight excluding hydrogens is 222 g/mol. The molecule has 5 heteroatoms. The number of methoxy groups -OCH3 is 1. The van der Waals surface area contributed by atoms with Crippen molar-refractivity contribution < 1.29 is 19.4 Å². The summed E-state index contributed by atoms with van der Waals surface area (Å²) in [7, 11) is 1.62. The minimum atomic E-state index is -0.991. The first-order valence-corrected chi connectivity index (χ1v) is 5.48. The van der Waals surface area contributed by atoms with Crippen LogP contribution in [0.2, 0.25) is 0 Å². The molecule has 0 radical (unpaired) electrons. The van der Waals surface area contributed by atoms with Gasteiger partial charge >= 0.3 is 6.09 Å². The van der Waals surface area contributed by atoms with Gasteiger partial charge in [0.05, 0.1) is 13.7 Å². The Morgan fingerprint density at radius 2 is 2.47 bits per heavy atom. The first-order chi connectivity index (χ1) is 8.20. The predicted octanol–water partition coefficient (Wildman–Crippen LogP) is 1.83. The Bertz CT molecular complexity index is 419. The fourth-order valence-electron chi connectivity index (χ4n) is 1.98. The van der Waals surface area contributed by atoms with E-state index in [9.17, 15) is 4.79 Å². The lowest BCUT2D eigenvalue weighted by atomic mass is 9.98. The highest BCUT2D eigenvalue weighted by molar-refractivity contribution is 5.64. The minimum Gasteiger partial charge on any atom is -0.497 e. The van der Waals surface area contributed by atoms with Gasteiger partial charge in [-0.1, -0.05) is 0 Å². The van der Waals surface area contributed by atoms with E-state index in [0.29, 0.717) is 13.2 Å². The van der Waals surface area contributed by atoms with Crippen LogP contribution in [0.3, 0.4) is 0 Å². The molecule has 0 saturated carbocycles. The van der Waals surface area contributed by atoms with Crippen molar-refractivity contribution in [3.05, 3.63) is 23.8 Å². The molecule has 2 N–H and O–H groups in total. The summed E-state index contributed by atoms with van der Waals surface area (Å²) in [6.07, 6.45) is -0.262. The van der Waals surface area contributed by atoms with E-state index in [2.05, 4.69) is 5.32 Å². The van der Waals surface area contributed by atoms with E-state index in [1.807, 2.05) is 18.2 Å². The number of benzene rings is 1. The van der Waals surface area contributed by atoms with E-state index in [1.165, 1.54) is 0 Å². The largest absolute Gasteiger partial charge is 0.497 e. The Labute approximate surface area is 99.3 Å². The molecule has 0 aromatic heterocycles. The van der Waals surface area contributed by atoms with Gasteiger partial charge in [0.2, 0.25) is 0 Å². The summed E-state index contributed by atoms with van der Waals surface area (Å²) in [5, 5.41) is 10.9. The second-order valence-corrected chi connectivity index (χ2v) is 3.93. The Morgan fingerprint density at radius 3 is 3.18 bits per heavy atom. The van der Waals surface area contributed by atoms with E-state index in [-0.39, 0.29) is 5.92 Å². The molecule has 1 heterocycles. The standard InChI is InChI=1S/C12H15NO4/c1-16-9-2-3-11-10(6-9)8(7-17-11)4-5-13-12(14)15/h2-3,6,8,13H,4-5,7H2,1H3,(H,14,15). The van der Waals surface area contributed by atoms with Crippen molar-refractivity contribution in [2.45, 2.75) is 12.3 Å². The van der Waals surface area contributed by atoms with Gasteiger partial charge in [0.1, 0.15) is 11.5 Å². The molecule has 1 atom stereocenters. The first kappa shape index (κ1) is 11.6. The van der Waals surface area contributed by atoms with Crippen molar-refractivity contribution >= 4 is 6.09 Å². The molecule has 0 spiro atoms. The van der Waals surface area contributed by atoms with Crippen molar-refractivity contribution in [2.75, 3.05) is 20.3 Å². The van der Waals surface area contributed by atoms with Crippen molar-refractivity contribution in [2.24, 2.45) is 0 Å². The van der Waals surface area contributed by atoms with Gasteiger partial charge in [-0.25, -0.2) is 4.79 Å². The van der Waals surface area contributed by atoms with Crippen molar-refractivity contribution in [3.8, 4) is 11.5 Å². The molecule has 1 aromatic rings. The molecule has 92 valence electrons. The normalized spacial score (nSPS) is 17.1. The number of amides is 1. The van der Waals surface area contributed by atoms with Gasteiger partial charge in [-0.2, -0.15) is 0 Å². The average molecular weight is 237 g/mol. The summed E-state index contributed by atoms with van der Waals surface area (Å²) < 4.78 is 10.7. The zero-order chi connectivity index (χ0) is 12.3. The van der Waals surface area contributed by atoms with E-state index in [0.717, 1.165) is 23.5 Å². The molecule has 2 rings (SSSR count). The van der Waals surface area contributed by atoms with Crippen molar-refractivity contribution in [1.82, 2.24) is 5.32 Å². The SMILES string of the molecule is COc1ccc2c(c1)C(CCNC(=O)O)CO2. The third-order valence-corrected chi connectivity index (χ3v) is 2.87. The van der Waals surface area contributed by atoms with Gasteiger partial charge in [0.25, 0.3) is 0 Å². The van der Waals surface area contributed by atoms with Crippen LogP contribution in [0.4, 0.5) is 4.79 Å². The molecule has 1 aliphatic heterocycles. The van der Waals surface area contributed by atoms with Gasteiger partial charge in [0, 0.05) is 18.0 Å². The Hall–Kier alpha value is -1.91. The number of carboxylic acid groups (broad SMARTS) is 1. The van der Waals surface area contributed by atoms with Gasteiger partial charge in [-0.3, -0.25) is 0 Å². The zero-order valence-corrected chi connectivity index (χ0v) is 9.60. The fraction of sp³-hybridized carbons (Fsp3) is 0.417. The second-order valence-electron chi connectivity index (χ2n) is 3.93. The minimum absolute atomic E-state index is 0.229. The Kier molecular flexibility index (Phi) is 3.37. The number of hydrogen-bond acceptors (Lipinski definition) is 3. The van der Waals surface area contributed by atoms with Crippen LogP contribution in [-0.2, 0) is 0 Å². The maximum Gasteiger partial charge on any atom is 0.404 e. The highest BCUT2D eigenvalue weighted by Crippen LogP contribution is 2.37. The van der Waals surface area contributed by atoms with Crippen LogP contribution in [0.15, 0.2) is 18.2 Å². The summed E-state index contributed by atoms with van der Waals surface area (Å²) in [4.78, 5) is 10.4. The quantitative estimate of drug-likeness (QED) is 0.838. The number of hydrogen-bond donors (Lipinski definition) is 2. The van der Waals surface area contributed by atoms with Crippen molar-refractivity contribution in [1.29, 1.82) is 0 Å². The molecule has 1 aromatic carbocycles. The molecule has 1 aliphatic rings. The third kappa shape index (κ3) is 2.61. The summed E-state index contributed by atoms with van der Waals surface area (Å²) in [6, 6.07) is 5.70. The second kappa shape index (κ2) is 4.95. The van der Waals surface area contributed by atoms with Crippen LogP contribution in [-0.4, -0.2) is 31.5 Å². The lowest BCUT2D eigenvalue weighted by molar-refractivity contribution is 0.193. The number of nitrogens with one attached hydrogen (secondary N) is 1. The lowest BCUT2D eigenvalue weighted by Gasteiger charge is -2.09.